The SMILES string of the molecule is CCOC(=O)C(C)(C(=O)OCC)C(C=O)CBr. The Kier molecular flexibility index (Phi) is 7.03. The third kappa shape index (κ3) is 3.52. The predicted octanol–water partition coefficient (Wildman–Crippen LogP) is 1.33. The number of alkyl halides is 1. The zero-order chi connectivity index (χ0) is 13.5. The van der Waals surface area contributed by atoms with E-state index in [0.717, 1.165) is 0 Å². The average molecular weight is 309 g/mol. The van der Waals surface area contributed by atoms with Crippen molar-refractivity contribution in [3.05, 3.63) is 0 Å². The Morgan fingerprint density at radius 2 is 1.65 bits per heavy atom. The monoisotopic (exact) mass is 308 g/mol. The van der Waals surface area contributed by atoms with Crippen LogP contribution < -0.4 is 0 Å². The molecule has 0 aromatic carbocycles. The van der Waals surface area contributed by atoms with Gasteiger partial charge in [0.05, 0.1) is 19.1 Å². The first kappa shape index (κ1) is 16.1. The molecule has 0 aliphatic rings. The van der Waals surface area contributed by atoms with E-state index >= 15 is 0 Å². The number of aldehydes is 1. The van der Waals surface area contributed by atoms with E-state index in [4.69, 9.17) is 9.47 Å². The summed E-state index contributed by atoms with van der Waals surface area (Å²) in [5, 5.41) is 0.185. The van der Waals surface area contributed by atoms with E-state index in [1.807, 2.05) is 0 Å². The van der Waals surface area contributed by atoms with Crippen molar-refractivity contribution in [3.63, 3.8) is 0 Å². The van der Waals surface area contributed by atoms with Gasteiger partial charge in [-0.15, -0.1) is 0 Å². The molecule has 1 atom stereocenters. The zero-order valence-corrected chi connectivity index (χ0v) is 11.8. The Hall–Kier alpha value is -0.910. The highest BCUT2D eigenvalue weighted by Crippen LogP contribution is 2.31. The minimum atomic E-state index is -1.60. The number of carbonyl (C=O) groups is 3. The molecule has 98 valence electrons. The van der Waals surface area contributed by atoms with E-state index in [9.17, 15) is 14.4 Å². The lowest BCUT2D eigenvalue weighted by Crippen LogP contribution is -2.46. The highest BCUT2D eigenvalue weighted by Gasteiger charge is 2.50. The minimum absolute atomic E-state index is 0.141. The molecular weight excluding hydrogens is 292 g/mol. The van der Waals surface area contributed by atoms with Gasteiger partial charge in [-0.05, 0) is 20.8 Å². The van der Waals surface area contributed by atoms with Gasteiger partial charge >= 0.3 is 11.9 Å². The van der Waals surface area contributed by atoms with E-state index in [1.165, 1.54) is 6.92 Å². The third-order valence-corrected chi connectivity index (χ3v) is 3.17. The summed E-state index contributed by atoms with van der Waals surface area (Å²) in [6, 6.07) is 0. The van der Waals surface area contributed by atoms with Crippen LogP contribution in [0.5, 0.6) is 0 Å². The quantitative estimate of drug-likeness (QED) is 0.307. The molecule has 0 rings (SSSR count). The lowest BCUT2D eigenvalue weighted by Gasteiger charge is -2.28. The van der Waals surface area contributed by atoms with Gasteiger partial charge in [0.15, 0.2) is 5.41 Å². The van der Waals surface area contributed by atoms with Gasteiger partial charge in [-0.3, -0.25) is 9.59 Å². The lowest BCUT2D eigenvalue weighted by atomic mass is 9.78. The summed E-state index contributed by atoms with van der Waals surface area (Å²) < 4.78 is 9.68. The maximum Gasteiger partial charge on any atom is 0.323 e. The van der Waals surface area contributed by atoms with Crippen molar-refractivity contribution in [1.29, 1.82) is 0 Å². The van der Waals surface area contributed by atoms with Crippen molar-refractivity contribution in [1.82, 2.24) is 0 Å². The molecule has 0 saturated carbocycles. The van der Waals surface area contributed by atoms with Gasteiger partial charge < -0.3 is 14.3 Å². The van der Waals surface area contributed by atoms with Crippen LogP contribution >= 0.6 is 15.9 Å². The Morgan fingerprint density at radius 3 is 1.88 bits per heavy atom. The topological polar surface area (TPSA) is 69.7 Å². The van der Waals surface area contributed by atoms with Crippen molar-refractivity contribution < 1.29 is 23.9 Å². The first-order chi connectivity index (χ1) is 7.98. The van der Waals surface area contributed by atoms with Crippen LogP contribution in [0.1, 0.15) is 20.8 Å². The summed E-state index contributed by atoms with van der Waals surface area (Å²) in [6.45, 7) is 4.91. The Balaban J connectivity index is 5.25. The molecule has 0 amide bonds. The van der Waals surface area contributed by atoms with Crippen molar-refractivity contribution in [3.8, 4) is 0 Å². The molecule has 0 aromatic heterocycles. The summed E-state index contributed by atoms with van der Waals surface area (Å²) in [7, 11) is 0. The van der Waals surface area contributed by atoms with Crippen molar-refractivity contribution in [2.75, 3.05) is 18.5 Å². The van der Waals surface area contributed by atoms with E-state index in [0.29, 0.717) is 6.29 Å². The predicted molar refractivity (Wildman–Crippen MR) is 64.7 cm³/mol. The summed E-state index contributed by atoms with van der Waals surface area (Å²) in [5.74, 6) is -2.30. The Labute approximate surface area is 109 Å². The highest BCUT2D eigenvalue weighted by atomic mass is 79.9. The number of rotatable bonds is 7. The second-order valence-corrected chi connectivity index (χ2v) is 4.19. The second kappa shape index (κ2) is 7.42. The normalized spacial score (nSPS) is 12.7. The standard InChI is InChI=1S/C11H17BrO5/c1-4-16-9(14)11(3,8(6-12)7-13)10(15)17-5-2/h7-8H,4-6H2,1-3H3. The van der Waals surface area contributed by atoms with Gasteiger partial charge in [0.2, 0.25) is 0 Å². The average Bonchev–Trinajstić information content (AvgIpc) is 2.30. The molecular formula is C11H17BrO5. The first-order valence-electron chi connectivity index (χ1n) is 5.34. The van der Waals surface area contributed by atoms with Crippen molar-refractivity contribution >= 4 is 34.2 Å². The number of hydrogen-bond donors (Lipinski definition) is 0. The van der Waals surface area contributed by atoms with Gasteiger partial charge in [-0.2, -0.15) is 0 Å². The maximum atomic E-state index is 11.8. The molecule has 0 spiro atoms. The fourth-order valence-corrected chi connectivity index (χ4v) is 2.07. The van der Waals surface area contributed by atoms with Gasteiger partial charge in [-0.1, -0.05) is 15.9 Å². The van der Waals surface area contributed by atoms with Crippen LogP contribution in [0.2, 0.25) is 0 Å². The molecule has 0 saturated heterocycles. The highest BCUT2D eigenvalue weighted by molar-refractivity contribution is 9.09. The van der Waals surface area contributed by atoms with E-state index in [-0.39, 0.29) is 18.5 Å². The number of carbonyl (C=O) groups excluding carboxylic acids is 3. The molecule has 17 heavy (non-hydrogen) atoms. The molecule has 0 heterocycles. The summed E-state index contributed by atoms with van der Waals surface area (Å²) >= 11 is 3.10. The van der Waals surface area contributed by atoms with Crippen LogP contribution in [0.3, 0.4) is 0 Å². The van der Waals surface area contributed by atoms with Gasteiger partial charge in [0, 0.05) is 5.33 Å². The second-order valence-electron chi connectivity index (χ2n) is 3.54. The smallest absolute Gasteiger partial charge is 0.323 e. The summed E-state index contributed by atoms with van der Waals surface area (Å²) in [5.41, 5.74) is -1.60. The van der Waals surface area contributed by atoms with Gasteiger partial charge in [0.1, 0.15) is 6.29 Å². The van der Waals surface area contributed by atoms with Crippen LogP contribution in [0, 0.1) is 11.3 Å². The molecule has 0 aliphatic carbocycles. The number of hydrogen-bond acceptors (Lipinski definition) is 5. The van der Waals surface area contributed by atoms with Crippen LogP contribution in [0.15, 0.2) is 0 Å². The van der Waals surface area contributed by atoms with Gasteiger partial charge in [-0.25, -0.2) is 0 Å². The maximum absolute atomic E-state index is 11.8. The van der Waals surface area contributed by atoms with Crippen LogP contribution in [0.25, 0.3) is 0 Å². The number of ether oxygens (including phenoxy) is 2. The zero-order valence-electron chi connectivity index (χ0n) is 10.2. The molecule has 0 aliphatic heterocycles. The van der Waals surface area contributed by atoms with E-state index in [2.05, 4.69) is 15.9 Å². The molecule has 5 nitrogen and oxygen atoms in total. The number of halogens is 1. The van der Waals surface area contributed by atoms with E-state index in [1.54, 1.807) is 13.8 Å². The molecule has 0 aromatic rings. The van der Waals surface area contributed by atoms with Crippen molar-refractivity contribution in [2.45, 2.75) is 20.8 Å². The molecule has 6 heteroatoms. The van der Waals surface area contributed by atoms with Crippen LogP contribution in [0.4, 0.5) is 0 Å². The van der Waals surface area contributed by atoms with Gasteiger partial charge in [0.25, 0.3) is 0 Å². The fraction of sp³-hybridized carbons (Fsp3) is 0.727. The summed E-state index contributed by atoms with van der Waals surface area (Å²) in [4.78, 5) is 34.6. The fourth-order valence-electron chi connectivity index (χ4n) is 1.27. The van der Waals surface area contributed by atoms with Crippen molar-refractivity contribution in [2.24, 2.45) is 11.3 Å². The minimum Gasteiger partial charge on any atom is -0.465 e. The van der Waals surface area contributed by atoms with E-state index < -0.39 is 23.3 Å². The molecule has 1 unspecified atom stereocenters. The summed E-state index contributed by atoms with van der Waals surface area (Å²) in [6.07, 6.45) is 0.558. The first-order valence-corrected chi connectivity index (χ1v) is 6.46. The largest absolute Gasteiger partial charge is 0.465 e. The van der Waals surface area contributed by atoms with Crippen LogP contribution in [-0.4, -0.2) is 36.8 Å². The Bertz CT molecular complexity index is 272. The molecule has 0 bridgehead atoms. The lowest BCUT2D eigenvalue weighted by molar-refractivity contribution is -0.175. The Morgan fingerprint density at radius 1 is 1.24 bits per heavy atom. The third-order valence-electron chi connectivity index (χ3n) is 2.47. The molecule has 0 N–H and O–H groups in total. The molecule has 0 radical (unpaired) electrons. The number of esters is 2. The molecule has 0 fully saturated rings. The van der Waals surface area contributed by atoms with Crippen LogP contribution in [-0.2, 0) is 23.9 Å².